The standard InChI is InChI=1S/C24H24N4O7S/c1-30-6-4-5-28-23(29)17-10-19-20(34-13-33-19)11-18(17)25-24(28)36-12-21-26-22(27-35-21)14-7-15(31-2)9-16(8-14)32-3/h7-11H,4-6,12-13H2,1-3H3. The highest BCUT2D eigenvalue weighted by Gasteiger charge is 2.20. The van der Waals surface area contributed by atoms with Gasteiger partial charge in [-0.25, -0.2) is 4.98 Å². The van der Waals surface area contributed by atoms with Crippen LogP contribution >= 0.6 is 11.8 Å². The second kappa shape index (κ2) is 10.5. The molecule has 0 saturated heterocycles. The number of ether oxygens (including phenoxy) is 5. The molecule has 2 aromatic heterocycles. The Morgan fingerprint density at radius 1 is 1.00 bits per heavy atom. The van der Waals surface area contributed by atoms with Gasteiger partial charge < -0.3 is 28.2 Å². The first kappa shape index (κ1) is 23.9. The molecule has 0 atom stereocenters. The maximum Gasteiger partial charge on any atom is 0.262 e. The van der Waals surface area contributed by atoms with Crippen LogP contribution in [0, 0.1) is 0 Å². The average molecular weight is 513 g/mol. The molecule has 1 aliphatic heterocycles. The van der Waals surface area contributed by atoms with Gasteiger partial charge in [0.25, 0.3) is 5.56 Å². The number of methoxy groups -OCH3 is 3. The van der Waals surface area contributed by atoms with Crippen molar-refractivity contribution < 1.29 is 28.2 Å². The molecule has 11 nitrogen and oxygen atoms in total. The van der Waals surface area contributed by atoms with E-state index in [1.54, 1.807) is 56.2 Å². The Labute approximate surface area is 210 Å². The number of benzene rings is 2. The molecule has 3 heterocycles. The molecule has 1 aliphatic rings. The van der Waals surface area contributed by atoms with Crippen LogP contribution < -0.4 is 24.5 Å². The van der Waals surface area contributed by atoms with Crippen molar-refractivity contribution in [3.05, 3.63) is 46.6 Å². The second-order valence-corrected chi connectivity index (χ2v) is 8.76. The lowest BCUT2D eigenvalue weighted by Gasteiger charge is -2.12. The summed E-state index contributed by atoms with van der Waals surface area (Å²) in [5, 5.41) is 5.09. The third-order valence-electron chi connectivity index (χ3n) is 5.55. The van der Waals surface area contributed by atoms with Crippen LogP contribution in [0.15, 0.2) is 44.8 Å². The Balaban J connectivity index is 1.43. The van der Waals surface area contributed by atoms with Gasteiger partial charge in [0.1, 0.15) is 11.5 Å². The Morgan fingerprint density at radius 2 is 1.75 bits per heavy atom. The highest BCUT2D eigenvalue weighted by atomic mass is 32.2. The summed E-state index contributed by atoms with van der Waals surface area (Å²) in [7, 11) is 4.78. The van der Waals surface area contributed by atoms with Crippen LogP contribution in [0.3, 0.4) is 0 Å². The quantitative estimate of drug-likeness (QED) is 0.176. The number of nitrogens with zero attached hydrogens (tertiary/aromatic N) is 4. The van der Waals surface area contributed by atoms with Crippen molar-refractivity contribution in [1.29, 1.82) is 0 Å². The SMILES string of the molecule is COCCCn1c(SCc2nc(-c3cc(OC)cc(OC)c3)no2)nc2cc3c(cc2c1=O)OCO3. The molecule has 0 spiro atoms. The van der Waals surface area contributed by atoms with Crippen molar-refractivity contribution >= 4 is 22.7 Å². The molecular weight excluding hydrogens is 488 g/mol. The molecule has 4 aromatic rings. The summed E-state index contributed by atoms with van der Waals surface area (Å²) in [5.41, 5.74) is 1.07. The monoisotopic (exact) mass is 512 g/mol. The zero-order valence-corrected chi connectivity index (χ0v) is 20.8. The average Bonchev–Trinajstić information content (AvgIpc) is 3.57. The van der Waals surface area contributed by atoms with Gasteiger partial charge in [-0.15, -0.1) is 0 Å². The fourth-order valence-electron chi connectivity index (χ4n) is 3.76. The van der Waals surface area contributed by atoms with E-state index >= 15 is 0 Å². The lowest BCUT2D eigenvalue weighted by molar-refractivity contribution is 0.174. The largest absolute Gasteiger partial charge is 0.497 e. The summed E-state index contributed by atoms with van der Waals surface area (Å²) in [4.78, 5) is 22.6. The summed E-state index contributed by atoms with van der Waals surface area (Å²) in [6.07, 6.45) is 0.657. The number of fused-ring (bicyclic) bond motifs is 2. The van der Waals surface area contributed by atoms with E-state index in [0.717, 1.165) is 0 Å². The lowest BCUT2D eigenvalue weighted by atomic mass is 10.2. The van der Waals surface area contributed by atoms with E-state index in [2.05, 4.69) is 10.1 Å². The van der Waals surface area contributed by atoms with E-state index in [4.69, 9.17) is 33.2 Å². The Kier molecular flexibility index (Phi) is 6.96. The Bertz CT molecular complexity index is 1430. The first-order chi connectivity index (χ1) is 17.6. The molecule has 0 N–H and O–H groups in total. The topological polar surface area (TPSA) is 120 Å². The fraction of sp³-hybridized carbons (Fsp3) is 0.333. The number of hydrogen-bond acceptors (Lipinski definition) is 11. The normalized spacial score (nSPS) is 12.3. The van der Waals surface area contributed by atoms with Crippen molar-refractivity contribution in [2.45, 2.75) is 23.9 Å². The molecule has 0 saturated carbocycles. The predicted molar refractivity (Wildman–Crippen MR) is 131 cm³/mol. The maximum absolute atomic E-state index is 13.4. The Morgan fingerprint density at radius 3 is 2.47 bits per heavy atom. The van der Waals surface area contributed by atoms with Crippen LogP contribution in [0.2, 0.25) is 0 Å². The summed E-state index contributed by atoms with van der Waals surface area (Å²) < 4.78 is 33.8. The van der Waals surface area contributed by atoms with Crippen molar-refractivity contribution in [1.82, 2.24) is 19.7 Å². The summed E-state index contributed by atoms with van der Waals surface area (Å²) in [5.74, 6) is 3.45. The van der Waals surface area contributed by atoms with Gasteiger partial charge in [0.15, 0.2) is 16.7 Å². The van der Waals surface area contributed by atoms with Crippen molar-refractivity contribution in [3.63, 3.8) is 0 Å². The van der Waals surface area contributed by atoms with E-state index in [1.165, 1.54) is 11.8 Å². The van der Waals surface area contributed by atoms with Gasteiger partial charge in [0.2, 0.25) is 18.5 Å². The molecule has 5 rings (SSSR count). The minimum Gasteiger partial charge on any atom is -0.497 e. The second-order valence-electron chi connectivity index (χ2n) is 7.82. The fourth-order valence-corrected chi connectivity index (χ4v) is 4.62. The van der Waals surface area contributed by atoms with Crippen LogP contribution in [-0.2, 0) is 17.0 Å². The van der Waals surface area contributed by atoms with E-state index in [-0.39, 0.29) is 12.4 Å². The molecule has 0 fully saturated rings. The van der Waals surface area contributed by atoms with Crippen molar-refractivity contribution in [2.75, 3.05) is 34.7 Å². The van der Waals surface area contributed by atoms with Gasteiger partial charge in [-0.2, -0.15) is 4.98 Å². The minimum absolute atomic E-state index is 0.119. The van der Waals surface area contributed by atoms with Gasteiger partial charge in [0.05, 0.1) is 30.9 Å². The van der Waals surface area contributed by atoms with Crippen LogP contribution in [0.4, 0.5) is 0 Å². The number of aromatic nitrogens is 4. The van der Waals surface area contributed by atoms with Gasteiger partial charge in [0, 0.05) is 38.0 Å². The number of rotatable bonds is 10. The molecule has 12 heteroatoms. The molecule has 0 unspecified atom stereocenters. The van der Waals surface area contributed by atoms with Crippen molar-refractivity contribution in [2.24, 2.45) is 0 Å². The third kappa shape index (κ3) is 4.82. The van der Waals surface area contributed by atoms with E-state index in [1.807, 2.05) is 0 Å². The van der Waals surface area contributed by atoms with Crippen LogP contribution in [0.25, 0.3) is 22.3 Å². The zero-order valence-electron chi connectivity index (χ0n) is 20.0. The minimum atomic E-state index is -0.161. The highest BCUT2D eigenvalue weighted by Crippen LogP contribution is 2.35. The highest BCUT2D eigenvalue weighted by molar-refractivity contribution is 7.98. The van der Waals surface area contributed by atoms with Gasteiger partial charge in [-0.3, -0.25) is 9.36 Å². The van der Waals surface area contributed by atoms with Gasteiger partial charge in [-0.1, -0.05) is 16.9 Å². The molecule has 2 aromatic carbocycles. The summed E-state index contributed by atoms with van der Waals surface area (Å²) >= 11 is 1.34. The first-order valence-corrected chi connectivity index (χ1v) is 12.1. The van der Waals surface area contributed by atoms with Crippen LogP contribution in [0.1, 0.15) is 12.3 Å². The van der Waals surface area contributed by atoms with Gasteiger partial charge >= 0.3 is 0 Å². The Hall–Kier alpha value is -3.77. The molecule has 0 aliphatic carbocycles. The molecular formula is C24H24N4O7S. The van der Waals surface area contributed by atoms with Gasteiger partial charge in [-0.05, 0) is 24.6 Å². The zero-order chi connectivity index (χ0) is 25.1. The first-order valence-electron chi connectivity index (χ1n) is 11.1. The summed E-state index contributed by atoms with van der Waals surface area (Å²) in [6, 6.07) is 8.77. The van der Waals surface area contributed by atoms with Crippen LogP contribution in [0.5, 0.6) is 23.0 Å². The van der Waals surface area contributed by atoms with Crippen LogP contribution in [-0.4, -0.2) is 54.4 Å². The summed E-state index contributed by atoms with van der Waals surface area (Å²) in [6.45, 7) is 1.09. The number of hydrogen-bond donors (Lipinski definition) is 0. The lowest BCUT2D eigenvalue weighted by Crippen LogP contribution is -2.24. The molecule has 0 amide bonds. The smallest absolute Gasteiger partial charge is 0.262 e. The molecule has 36 heavy (non-hydrogen) atoms. The molecule has 0 radical (unpaired) electrons. The maximum atomic E-state index is 13.4. The predicted octanol–water partition coefficient (Wildman–Crippen LogP) is 3.52. The molecule has 188 valence electrons. The van der Waals surface area contributed by atoms with E-state index in [9.17, 15) is 4.79 Å². The third-order valence-corrected chi connectivity index (χ3v) is 6.51. The molecule has 0 bridgehead atoms. The van der Waals surface area contributed by atoms with E-state index < -0.39 is 0 Å². The number of thioether (sulfide) groups is 1. The van der Waals surface area contributed by atoms with Crippen molar-refractivity contribution in [3.8, 4) is 34.4 Å². The van der Waals surface area contributed by atoms with E-state index in [0.29, 0.717) is 81.7 Å².